The Labute approximate surface area is 132 Å². The summed E-state index contributed by atoms with van der Waals surface area (Å²) in [4.78, 5) is 15.8. The maximum atomic E-state index is 11.4. The number of aldehydes is 1. The minimum Gasteiger partial charge on any atom is -0.298 e. The zero-order valence-corrected chi connectivity index (χ0v) is 13.2. The molecule has 0 saturated heterocycles. The molecule has 0 aliphatic heterocycles. The van der Waals surface area contributed by atoms with Crippen molar-refractivity contribution in [3.8, 4) is 11.1 Å². The van der Waals surface area contributed by atoms with Crippen LogP contribution >= 0.6 is 15.9 Å². The van der Waals surface area contributed by atoms with Crippen molar-refractivity contribution < 1.29 is 4.79 Å². The highest BCUT2D eigenvalue weighted by Crippen LogP contribution is 2.27. The van der Waals surface area contributed by atoms with E-state index in [0.29, 0.717) is 5.56 Å². The van der Waals surface area contributed by atoms with Gasteiger partial charge in [-0.1, -0.05) is 46.3 Å². The van der Waals surface area contributed by atoms with E-state index in [-0.39, 0.29) is 0 Å². The van der Waals surface area contributed by atoms with Gasteiger partial charge in [-0.2, -0.15) is 0 Å². The van der Waals surface area contributed by atoms with Gasteiger partial charge in [0.25, 0.3) is 0 Å². The molecule has 0 aliphatic carbocycles. The number of aryl methyl sites for hydroxylation is 1. The molecule has 21 heavy (non-hydrogen) atoms. The lowest BCUT2D eigenvalue weighted by Crippen LogP contribution is -1.91. The van der Waals surface area contributed by atoms with Crippen LogP contribution in [0.5, 0.6) is 0 Å². The monoisotopic (exact) mass is 339 g/mol. The Morgan fingerprint density at radius 1 is 1.05 bits per heavy atom. The van der Waals surface area contributed by atoms with Crippen molar-refractivity contribution in [2.75, 3.05) is 0 Å². The molecule has 0 bridgehead atoms. The second-order valence-corrected chi connectivity index (χ2v) is 5.60. The fourth-order valence-corrected chi connectivity index (χ4v) is 2.78. The Bertz CT molecular complexity index is 809. The van der Waals surface area contributed by atoms with E-state index in [1.165, 1.54) is 5.56 Å². The quantitative estimate of drug-likeness (QED) is 0.500. The molecule has 3 rings (SSSR count). The van der Waals surface area contributed by atoms with Crippen LogP contribution in [-0.4, -0.2) is 11.3 Å². The van der Waals surface area contributed by atoms with Gasteiger partial charge in [0.05, 0.1) is 5.52 Å². The van der Waals surface area contributed by atoms with Gasteiger partial charge in [0.1, 0.15) is 0 Å². The van der Waals surface area contributed by atoms with Crippen molar-refractivity contribution in [2.24, 2.45) is 0 Å². The van der Waals surface area contributed by atoms with E-state index in [1.807, 2.05) is 25.1 Å². The van der Waals surface area contributed by atoms with Crippen LogP contribution in [0.3, 0.4) is 0 Å². The molecule has 3 aromatic rings. The molecule has 0 atom stereocenters. The highest BCUT2D eigenvalue weighted by molar-refractivity contribution is 9.08. The van der Waals surface area contributed by atoms with Crippen molar-refractivity contribution >= 4 is 33.1 Å². The summed E-state index contributed by atoms with van der Waals surface area (Å²) in [6.07, 6.45) is 0.880. The Morgan fingerprint density at radius 3 is 2.48 bits per heavy atom. The van der Waals surface area contributed by atoms with Gasteiger partial charge in [-0.15, -0.1) is 0 Å². The zero-order valence-electron chi connectivity index (χ0n) is 11.6. The lowest BCUT2D eigenvalue weighted by Gasteiger charge is -2.08. The minimum absolute atomic E-state index is 0.635. The third-order valence-corrected chi connectivity index (χ3v) is 4.18. The number of rotatable bonds is 3. The topological polar surface area (TPSA) is 30.0 Å². The maximum Gasteiger partial charge on any atom is 0.152 e. The highest BCUT2D eigenvalue weighted by Gasteiger charge is 2.07. The molecular formula is C18H14BrNO. The van der Waals surface area contributed by atoms with Crippen LogP contribution < -0.4 is 0 Å². The van der Waals surface area contributed by atoms with Crippen LogP contribution in [0.15, 0.2) is 48.5 Å². The summed E-state index contributed by atoms with van der Waals surface area (Å²) in [5.74, 6) is 0. The summed E-state index contributed by atoms with van der Waals surface area (Å²) in [6, 6.07) is 16.3. The molecule has 0 unspecified atom stereocenters. The third-order valence-electron chi connectivity index (χ3n) is 3.53. The molecule has 0 saturated carbocycles. The SMILES string of the molecule is Cc1ccc2cc(-c3ccc(CBr)cc3)cc(C=O)c2n1. The number of carbonyl (C=O) groups is 1. The van der Waals surface area contributed by atoms with E-state index in [1.54, 1.807) is 0 Å². The van der Waals surface area contributed by atoms with Gasteiger partial charge in [-0.25, -0.2) is 0 Å². The summed E-state index contributed by atoms with van der Waals surface area (Å²) in [5, 5.41) is 1.83. The predicted octanol–water partition coefficient (Wildman–Crippen LogP) is 4.92. The number of hydrogen-bond acceptors (Lipinski definition) is 2. The van der Waals surface area contributed by atoms with Gasteiger partial charge in [0, 0.05) is 22.0 Å². The van der Waals surface area contributed by atoms with Crippen molar-refractivity contribution in [3.05, 3.63) is 65.4 Å². The van der Waals surface area contributed by atoms with E-state index >= 15 is 0 Å². The van der Waals surface area contributed by atoms with Crippen LogP contribution in [0.25, 0.3) is 22.0 Å². The van der Waals surface area contributed by atoms with Gasteiger partial charge >= 0.3 is 0 Å². The second-order valence-electron chi connectivity index (χ2n) is 5.04. The first-order chi connectivity index (χ1) is 10.2. The highest BCUT2D eigenvalue weighted by atomic mass is 79.9. The molecule has 0 spiro atoms. The first-order valence-electron chi connectivity index (χ1n) is 6.73. The number of hydrogen-bond donors (Lipinski definition) is 0. The second kappa shape index (κ2) is 5.78. The van der Waals surface area contributed by atoms with Crippen molar-refractivity contribution in [3.63, 3.8) is 0 Å². The summed E-state index contributed by atoms with van der Waals surface area (Å²) in [7, 11) is 0. The fraction of sp³-hybridized carbons (Fsp3) is 0.111. The van der Waals surface area contributed by atoms with E-state index < -0.39 is 0 Å². The number of pyridine rings is 1. The van der Waals surface area contributed by atoms with Gasteiger partial charge < -0.3 is 0 Å². The number of halogens is 1. The van der Waals surface area contributed by atoms with E-state index in [9.17, 15) is 4.79 Å². The number of nitrogens with zero attached hydrogens (tertiary/aromatic N) is 1. The number of alkyl halides is 1. The predicted molar refractivity (Wildman–Crippen MR) is 89.9 cm³/mol. The molecule has 0 aliphatic rings. The Hall–Kier alpha value is -2.00. The Balaban J connectivity index is 2.18. The third kappa shape index (κ3) is 2.74. The molecule has 3 heteroatoms. The lowest BCUT2D eigenvalue weighted by molar-refractivity contribution is 0.112. The molecule has 0 amide bonds. The molecule has 2 aromatic carbocycles. The van der Waals surface area contributed by atoms with Crippen molar-refractivity contribution in [1.29, 1.82) is 0 Å². The van der Waals surface area contributed by atoms with Gasteiger partial charge in [-0.05, 0) is 41.8 Å². The van der Waals surface area contributed by atoms with Gasteiger partial charge in [-0.3, -0.25) is 9.78 Å². The van der Waals surface area contributed by atoms with Crippen LogP contribution in [0.1, 0.15) is 21.6 Å². The van der Waals surface area contributed by atoms with Gasteiger partial charge in [0.2, 0.25) is 0 Å². The van der Waals surface area contributed by atoms with Crippen LogP contribution in [0.2, 0.25) is 0 Å². The average molecular weight is 340 g/mol. The molecule has 1 heterocycles. The Morgan fingerprint density at radius 2 is 1.81 bits per heavy atom. The number of carbonyl (C=O) groups excluding carboxylic acids is 1. The summed E-state index contributed by atoms with van der Waals surface area (Å²) >= 11 is 3.45. The summed E-state index contributed by atoms with van der Waals surface area (Å²) < 4.78 is 0. The Kier molecular flexibility index (Phi) is 3.84. The number of fused-ring (bicyclic) bond motifs is 1. The van der Waals surface area contributed by atoms with E-state index in [0.717, 1.165) is 39.3 Å². The average Bonchev–Trinajstić information content (AvgIpc) is 2.54. The number of aromatic nitrogens is 1. The van der Waals surface area contributed by atoms with Crippen molar-refractivity contribution in [1.82, 2.24) is 4.98 Å². The van der Waals surface area contributed by atoms with Crippen molar-refractivity contribution in [2.45, 2.75) is 12.3 Å². The largest absolute Gasteiger partial charge is 0.298 e. The molecule has 1 aromatic heterocycles. The molecule has 0 fully saturated rings. The standard InChI is InChI=1S/C18H14BrNO/c1-12-2-5-15-8-16(9-17(11-21)18(15)20-12)14-6-3-13(10-19)4-7-14/h2-9,11H,10H2,1H3. The maximum absolute atomic E-state index is 11.4. The normalized spacial score (nSPS) is 10.8. The molecule has 0 radical (unpaired) electrons. The first kappa shape index (κ1) is 14.0. The molecule has 104 valence electrons. The van der Waals surface area contributed by atoms with Crippen LogP contribution in [0, 0.1) is 6.92 Å². The minimum atomic E-state index is 0.635. The van der Waals surface area contributed by atoms with Crippen LogP contribution in [0.4, 0.5) is 0 Å². The molecule has 2 nitrogen and oxygen atoms in total. The zero-order chi connectivity index (χ0) is 14.8. The van der Waals surface area contributed by atoms with Gasteiger partial charge in [0.15, 0.2) is 6.29 Å². The van der Waals surface area contributed by atoms with Crippen LogP contribution in [-0.2, 0) is 5.33 Å². The first-order valence-corrected chi connectivity index (χ1v) is 7.85. The molecule has 0 N–H and O–H groups in total. The molecular weight excluding hydrogens is 326 g/mol. The summed E-state index contributed by atoms with van der Waals surface area (Å²) in [5.41, 5.74) is 5.69. The number of benzene rings is 2. The fourth-order valence-electron chi connectivity index (χ4n) is 2.40. The van der Waals surface area contributed by atoms with E-state index in [4.69, 9.17) is 0 Å². The summed E-state index contributed by atoms with van der Waals surface area (Å²) in [6.45, 7) is 1.93. The lowest BCUT2D eigenvalue weighted by atomic mass is 9.99. The van der Waals surface area contributed by atoms with E-state index in [2.05, 4.69) is 51.2 Å². The smallest absolute Gasteiger partial charge is 0.152 e.